The average Bonchev–Trinajstić information content (AvgIpc) is 2.28. The molecule has 0 aromatic rings. The molecule has 4 N–H and O–H groups in total. The van der Waals surface area contributed by atoms with Gasteiger partial charge in [0, 0.05) is 0 Å². The molecule has 0 unspecified atom stereocenters. The summed E-state index contributed by atoms with van der Waals surface area (Å²) >= 11 is 0. The zero-order valence-corrected chi connectivity index (χ0v) is 7.04. The van der Waals surface area contributed by atoms with Gasteiger partial charge in [0.1, 0.15) is 31.2 Å². The van der Waals surface area contributed by atoms with Crippen LogP contribution in [-0.2, 0) is 9.47 Å². The monoisotopic (exact) mass is 194 g/mol. The molecule has 1 aliphatic heterocycles. The lowest BCUT2D eigenvalue weighted by Gasteiger charge is -2.23. The minimum atomic E-state index is -1.25. The van der Waals surface area contributed by atoms with Gasteiger partial charge in [-0.25, -0.2) is 0 Å². The number of ether oxygens (including phenoxy) is 2. The van der Waals surface area contributed by atoms with Gasteiger partial charge in [-0.3, -0.25) is 0 Å². The van der Waals surface area contributed by atoms with E-state index in [0.717, 1.165) is 0 Å². The molecule has 0 saturated carbocycles. The lowest BCUT2D eigenvalue weighted by molar-refractivity contribution is -0.123. The van der Waals surface area contributed by atoms with Crippen LogP contribution in [0.25, 0.3) is 0 Å². The lowest BCUT2D eigenvalue weighted by Crippen LogP contribution is -2.45. The quantitative estimate of drug-likeness (QED) is 0.386. The van der Waals surface area contributed by atoms with Crippen LogP contribution in [0, 0.1) is 0 Å². The molecule has 78 valence electrons. The van der Waals surface area contributed by atoms with Crippen molar-refractivity contribution in [2.24, 2.45) is 0 Å². The number of rotatable bonds is 2. The van der Waals surface area contributed by atoms with Crippen molar-refractivity contribution in [1.29, 1.82) is 0 Å². The van der Waals surface area contributed by atoms with Gasteiger partial charge in [-0.2, -0.15) is 0 Å². The summed E-state index contributed by atoms with van der Waals surface area (Å²) in [6.45, 7) is -0.968. The Hall–Kier alpha value is -0.240. The van der Waals surface area contributed by atoms with E-state index in [4.69, 9.17) is 19.7 Å². The first-order valence-electron chi connectivity index (χ1n) is 4.01. The minimum absolute atomic E-state index is 0.162. The zero-order valence-electron chi connectivity index (χ0n) is 7.04. The van der Waals surface area contributed by atoms with E-state index < -0.39 is 37.6 Å². The summed E-state index contributed by atoms with van der Waals surface area (Å²) in [6.07, 6.45) is -4.23. The van der Waals surface area contributed by atoms with Gasteiger partial charge in [-0.1, -0.05) is 0 Å². The average molecular weight is 194 g/mol. The number of hydrogen-bond acceptors (Lipinski definition) is 6. The Balaban J connectivity index is 2.61. The predicted octanol–water partition coefficient (Wildman–Crippen LogP) is -2.57. The van der Waals surface area contributed by atoms with Gasteiger partial charge < -0.3 is 29.9 Å². The molecule has 1 fully saturated rings. The molecule has 0 aliphatic carbocycles. The summed E-state index contributed by atoms with van der Waals surface area (Å²) in [7, 11) is 0. The summed E-state index contributed by atoms with van der Waals surface area (Å²) in [5.74, 6) is 0. The Morgan fingerprint density at radius 2 is 1.31 bits per heavy atom. The maximum atomic E-state index is 9.39. The molecule has 0 spiro atoms. The second-order valence-electron chi connectivity index (χ2n) is 2.87. The van der Waals surface area contributed by atoms with Crippen LogP contribution in [0.3, 0.4) is 0 Å². The fraction of sp³-hybridized carbons (Fsp3) is 1.00. The van der Waals surface area contributed by atoms with Crippen LogP contribution in [0.15, 0.2) is 0 Å². The van der Waals surface area contributed by atoms with E-state index in [1.165, 1.54) is 0 Å². The molecule has 1 saturated heterocycles. The molecule has 0 bridgehead atoms. The molecule has 0 aromatic heterocycles. The van der Waals surface area contributed by atoms with Gasteiger partial charge in [-0.15, -0.1) is 0 Å². The van der Waals surface area contributed by atoms with Gasteiger partial charge in [0.05, 0.1) is 13.2 Å². The summed E-state index contributed by atoms with van der Waals surface area (Å²) in [6, 6.07) is 0. The van der Waals surface area contributed by atoms with Crippen LogP contribution in [0.2, 0.25) is 0 Å². The Bertz CT molecular complexity index is 136. The van der Waals surface area contributed by atoms with E-state index in [9.17, 15) is 10.2 Å². The molecule has 1 rings (SSSR count). The highest BCUT2D eigenvalue weighted by Gasteiger charge is 2.35. The maximum absolute atomic E-state index is 9.39. The van der Waals surface area contributed by atoms with E-state index >= 15 is 0 Å². The van der Waals surface area contributed by atoms with E-state index in [1.54, 1.807) is 0 Å². The fourth-order valence-corrected chi connectivity index (χ4v) is 1.17. The second-order valence-corrected chi connectivity index (χ2v) is 2.87. The van der Waals surface area contributed by atoms with Gasteiger partial charge >= 0.3 is 0 Å². The van der Waals surface area contributed by atoms with Crippen molar-refractivity contribution in [1.82, 2.24) is 0 Å². The molecule has 4 atom stereocenters. The van der Waals surface area contributed by atoms with E-state index in [2.05, 4.69) is 0 Å². The van der Waals surface area contributed by atoms with Crippen molar-refractivity contribution < 1.29 is 29.9 Å². The fourth-order valence-electron chi connectivity index (χ4n) is 1.17. The molecule has 6 heteroatoms. The van der Waals surface area contributed by atoms with Crippen molar-refractivity contribution in [2.45, 2.75) is 24.4 Å². The Labute approximate surface area is 75.3 Å². The van der Waals surface area contributed by atoms with Gasteiger partial charge in [-0.05, 0) is 0 Å². The molecule has 6 nitrogen and oxygen atoms in total. The second kappa shape index (κ2) is 4.85. The molecule has 1 aliphatic rings. The van der Waals surface area contributed by atoms with E-state index in [-0.39, 0.29) is 6.79 Å². The first-order valence-corrected chi connectivity index (χ1v) is 4.01. The first kappa shape index (κ1) is 10.8. The van der Waals surface area contributed by atoms with Crippen molar-refractivity contribution in [2.75, 3.05) is 20.0 Å². The van der Waals surface area contributed by atoms with Crippen LogP contribution in [0.4, 0.5) is 0 Å². The topological polar surface area (TPSA) is 99.4 Å². The third-order valence-electron chi connectivity index (χ3n) is 2.04. The molecule has 0 radical (unpaired) electrons. The van der Waals surface area contributed by atoms with Crippen LogP contribution in [0.1, 0.15) is 0 Å². The van der Waals surface area contributed by atoms with Crippen molar-refractivity contribution >= 4 is 0 Å². The van der Waals surface area contributed by atoms with Crippen molar-refractivity contribution in [3.05, 3.63) is 0 Å². The number of hydrogen-bond donors (Lipinski definition) is 4. The SMILES string of the molecule is OC[C@H]1OCO[C@H](CO)[C@@H](O)[C@@H]1O. The van der Waals surface area contributed by atoms with Crippen LogP contribution < -0.4 is 0 Å². The Morgan fingerprint density at radius 3 is 1.62 bits per heavy atom. The predicted molar refractivity (Wildman–Crippen MR) is 40.8 cm³/mol. The first-order chi connectivity index (χ1) is 6.20. The molecule has 1 heterocycles. The normalized spacial score (nSPS) is 41.5. The number of aliphatic hydroxyl groups is 4. The largest absolute Gasteiger partial charge is 0.394 e. The van der Waals surface area contributed by atoms with Crippen LogP contribution in [-0.4, -0.2) is 64.8 Å². The van der Waals surface area contributed by atoms with Crippen LogP contribution >= 0.6 is 0 Å². The Morgan fingerprint density at radius 1 is 0.923 bits per heavy atom. The standard InChI is InChI=1S/C7H14O6/c8-1-4-6(10)7(11)5(2-9)13-3-12-4/h4-11H,1-3H2/t4-,5-,6-,7-/m1/s1. The third-order valence-corrected chi connectivity index (χ3v) is 2.04. The minimum Gasteiger partial charge on any atom is -0.394 e. The highest BCUT2D eigenvalue weighted by Crippen LogP contribution is 2.14. The highest BCUT2D eigenvalue weighted by atomic mass is 16.7. The summed E-state index contributed by atoms with van der Waals surface area (Å²) in [5.41, 5.74) is 0. The smallest absolute Gasteiger partial charge is 0.147 e. The maximum Gasteiger partial charge on any atom is 0.147 e. The highest BCUT2D eigenvalue weighted by molar-refractivity contribution is 4.83. The Kier molecular flexibility index (Phi) is 4.04. The zero-order chi connectivity index (χ0) is 9.84. The number of aliphatic hydroxyl groups excluding tert-OH is 4. The third kappa shape index (κ3) is 2.37. The van der Waals surface area contributed by atoms with Crippen LogP contribution in [0.5, 0.6) is 0 Å². The van der Waals surface area contributed by atoms with Gasteiger partial charge in [0.2, 0.25) is 0 Å². The molecular weight excluding hydrogens is 180 g/mol. The van der Waals surface area contributed by atoms with Gasteiger partial charge in [0.15, 0.2) is 0 Å². The van der Waals surface area contributed by atoms with E-state index in [1.807, 2.05) is 0 Å². The molecule has 13 heavy (non-hydrogen) atoms. The summed E-state index contributed by atoms with van der Waals surface area (Å²) < 4.78 is 9.75. The van der Waals surface area contributed by atoms with Crippen molar-refractivity contribution in [3.8, 4) is 0 Å². The molecule has 0 amide bonds. The van der Waals surface area contributed by atoms with E-state index in [0.29, 0.717) is 0 Å². The van der Waals surface area contributed by atoms with Crippen molar-refractivity contribution in [3.63, 3.8) is 0 Å². The molecular formula is C7H14O6. The molecule has 0 aromatic carbocycles. The summed E-state index contributed by atoms with van der Waals surface area (Å²) in [4.78, 5) is 0. The lowest BCUT2D eigenvalue weighted by atomic mass is 10.0. The summed E-state index contributed by atoms with van der Waals surface area (Å²) in [5, 5.41) is 36.3. The van der Waals surface area contributed by atoms with Gasteiger partial charge in [0.25, 0.3) is 0 Å².